The maximum atomic E-state index is 12.5. The van der Waals surface area contributed by atoms with Crippen molar-refractivity contribution in [2.45, 2.75) is 38.5 Å². The summed E-state index contributed by atoms with van der Waals surface area (Å²) in [5, 5.41) is 8.19. The van der Waals surface area contributed by atoms with E-state index in [1.807, 2.05) is 11.9 Å². The molecule has 1 aliphatic heterocycles. The van der Waals surface area contributed by atoms with E-state index in [1.165, 1.54) is 0 Å². The van der Waals surface area contributed by atoms with Gasteiger partial charge in [-0.25, -0.2) is 0 Å². The SMILES string of the molecule is CCCc1noc([C@@H]2CCCN(C(=O)c3ccn(C)n3)C2)n1. The summed E-state index contributed by atoms with van der Waals surface area (Å²) >= 11 is 0. The van der Waals surface area contributed by atoms with Gasteiger partial charge in [0.15, 0.2) is 5.82 Å². The molecule has 2 aromatic heterocycles. The highest BCUT2D eigenvalue weighted by Gasteiger charge is 2.29. The minimum Gasteiger partial charge on any atom is -0.339 e. The lowest BCUT2D eigenvalue weighted by Crippen LogP contribution is -2.39. The van der Waals surface area contributed by atoms with E-state index in [1.54, 1.807) is 16.9 Å². The molecule has 0 aromatic carbocycles. The first-order chi connectivity index (χ1) is 10.7. The molecule has 1 saturated heterocycles. The number of nitrogens with zero attached hydrogens (tertiary/aromatic N) is 5. The lowest BCUT2D eigenvalue weighted by atomic mass is 9.97. The van der Waals surface area contributed by atoms with Crippen LogP contribution in [0.2, 0.25) is 0 Å². The van der Waals surface area contributed by atoms with Crippen molar-refractivity contribution >= 4 is 5.91 Å². The molecule has 0 radical (unpaired) electrons. The molecule has 0 unspecified atom stereocenters. The van der Waals surface area contributed by atoms with E-state index in [4.69, 9.17) is 4.52 Å². The van der Waals surface area contributed by atoms with Gasteiger partial charge in [-0.2, -0.15) is 10.1 Å². The Hall–Kier alpha value is -2.18. The number of piperidine rings is 1. The van der Waals surface area contributed by atoms with E-state index in [0.29, 0.717) is 18.1 Å². The van der Waals surface area contributed by atoms with Gasteiger partial charge >= 0.3 is 0 Å². The molecule has 1 fully saturated rings. The third kappa shape index (κ3) is 3.03. The zero-order valence-electron chi connectivity index (χ0n) is 13.0. The fourth-order valence-electron chi connectivity index (χ4n) is 2.81. The van der Waals surface area contributed by atoms with Crippen LogP contribution in [0.1, 0.15) is 54.3 Å². The number of rotatable bonds is 4. The minimum atomic E-state index is -0.0291. The van der Waals surface area contributed by atoms with Gasteiger partial charge in [-0.05, 0) is 25.3 Å². The molecule has 1 amide bonds. The summed E-state index contributed by atoms with van der Waals surface area (Å²) in [7, 11) is 1.81. The van der Waals surface area contributed by atoms with Crippen molar-refractivity contribution in [2.24, 2.45) is 7.05 Å². The maximum Gasteiger partial charge on any atom is 0.274 e. The molecule has 0 N–H and O–H groups in total. The minimum absolute atomic E-state index is 0.0291. The van der Waals surface area contributed by atoms with Crippen molar-refractivity contribution < 1.29 is 9.32 Å². The van der Waals surface area contributed by atoms with Gasteiger partial charge < -0.3 is 9.42 Å². The Bertz CT molecular complexity index is 648. The zero-order valence-corrected chi connectivity index (χ0v) is 13.0. The molecule has 7 nitrogen and oxygen atoms in total. The van der Waals surface area contributed by atoms with E-state index >= 15 is 0 Å². The lowest BCUT2D eigenvalue weighted by molar-refractivity contribution is 0.0689. The van der Waals surface area contributed by atoms with E-state index in [-0.39, 0.29) is 11.8 Å². The average molecular weight is 303 g/mol. The van der Waals surface area contributed by atoms with Crippen LogP contribution < -0.4 is 0 Å². The maximum absolute atomic E-state index is 12.5. The summed E-state index contributed by atoms with van der Waals surface area (Å²) in [6.45, 7) is 3.45. The molecular weight excluding hydrogens is 282 g/mol. The second-order valence-corrected chi connectivity index (χ2v) is 5.76. The van der Waals surface area contributed by atoms with Crippen LogP contribution >= 0.6 is 0 Å². The summed E-state index contributed by atoms with van der Waals surface area (Å²) < 4.78 is 7.02. The number of hydrogen-bond donors (Lipinski definition) is 0. The van der Waals surface area contributed by atoms with E-state index in [2.05, 4.69) is 22.2 Å². The van der Waals surface area contributed by atoms with Crippen LogP contribution in [0.3, 0.4) is 0 Å². The molecule has 0 bridgehead atoms. The zero-order chi connectivity index (χ0) is 15.5. The average Bonchev–Trinajstić information content (AvgIpc) is 3.16. The first-order valence-electron chi connectivity index (χ1n) is 7.78. The smallest absolute Gasteiger partial charge is 0.274 e. The van der Waals surface area contributed by atoms with E-state index in [0.717, 1.165) is 38.1 Å². The fraction of sp³-hybridized carbons (Fsp3) is 0.600. The van der Waals surface area contributed by atoms with Crippen LogP contribution in [0.4, 0.5) is 0 Å². The van der Waals surface area contributed by atoms with Crippen LogP contribution in [0, 0.1) is 0 Å². The Labute approximate surface area is 129 Å². The van der Waals surface area contributed by atoms with Crippen molar-refractivity contribution in [1.29, 1.82) is 0 Å². The molecule has 118 valence electrons. The number of hydrogen-bond acceptors (Lipinski definition) is 5. The first-order valence-corrected chi connectivity index (χ1v) is 7.78. The molecule has 1 atom stereocenters. The van der Waals surface area contributed by atoms with Crippen LogP contribution in [-0.2, 0) is 13.5 Å². The number of aromatic nitrogens is 4. The van der Waals surface area contributed by atoms with Crippen molar-refractivity contribution in [3.63, 3.8) is 0 Å². The molecule has 3 heterocycles. The highest BCUT2D eigenvalue weighted by molar-refractivity contribution is 5.92. The molecule has 22 heavy (non-hydrogen) atoms. The van der Waals surface area contributed by atoms with Gasteiger partial charge in [-0.1, -0.05) is 12.1 Å². The van der Waals surface area contributed by atoms with Gasteiger partial charge in [-0.3, -0.25) is 9.48 Å². The van der Waals surface area contributed by atoms with Crippen molar-refractivity contribution in [1.82, 2.24) is 24.8 Å². The number of amides is 1. The quantitative estimate of drug-likeness (QED) is 0.860. The fourth-order valence-corrected chi connectivity index (χ4v) is 2.81. The summed E-state index contributed by atoms with van der Waals surface area (Å²) in [6.07, 6.45) is 5.51. The number of aryl methyl sites for hydroxylation is 2. The van der Waals surface area contributed by atoms with Gasteiger partial charge in [0.05, 0.1) is 5.92 Å². The molecule has 7 heteroatoms. The summed E-state index contributed by atoms with van der Waals surface area (Å²) in [5.74, 6) is 1.51. The topological polar surface area (TPSA) is 77.0 Å². The Morgan fingerprint density at radius 1 is 1.50 bits per heavy atom. The predicted octanol–water partition coefficient (Wildman–Crippen LogP) is 1.78. The predicted molar refractivity (Wildman–Crippen MR) is 79.4 cm³/mol. The number of carbonyl (C=O) groups is 1. The number of likely N-dealkylation sites (tertiary alicyclic amines) is 1. The Morgan fingerprint density at radius 2 is 2.36 bits per heavy atom. The van der Waals surface area contributed by atoms with E-state index < -0.39 is 0 Å². The van der Waals surface area contributed by atoms with Crippen molar-refractivity contribution in [2.75, 3.05) is 13.1 Å². The molecule has 3 rings (SSSR count). The van der Waals surface area contributed by atoms with Crippen LogP contribution in [0.25, 0.3) is 0 Å². The lowest BCUT2D eigenvalue weighted by Gasteiger charge is -2.30. The third-order valence-corrected chi connectivity index (χ3v) is 3.95. The molecule has 0 spiro atoms. The van der Waals surface area contributed by atoms with Gasteiger partial charge in [0.25, 0.3) is 5.91 Å². The Morgan fingerprint density at radius 3 is 3.09 bits per heavy atom. The second kappa shape index (κ2) is 6.29. The van der Waals surface area contributed by atoms with Gasteiger partial charge in [0.1, 0.15) is 5.69 Å². The van der Waals surface area contributed by atoms with Crippen LogP contribution in [-0.4, -0.2) is 43.8 Å². The van der Waals surface area contributed by atoms with Gasteiger partial charge in [-0.15, -0.1) is 0 Å². The molecule has 0 aliphatic carbocycles. The monoisotopic (exact) mass is 303 g/mol. The Kier molecular flexibility index (Phi) is 4.22. The first kappa shape index (κ1) is 14.7. The van der Waals surface area contributed by atoms with Gasteiger partial charge in [0.2, 0.25) is 5.89 Å². The number of carbonyl (C=O) groups excluding carboxylic acids is 1. The standard InChI is InChI=1S/C15H21N5O2/c1-3-5-13-16-14(22-18-13)11-6-4-8-20(10-11)15(21)12-7-9-19(2)17-12/h7,9,11H,3-6,8,10H2,1-2H3/t11-/m1/s1. The van der Waals surface area contributed by atoms with Crippen molar-refractivity contribution in [3.8, 4) is 0 Å². The van der Waals surface area contributed by atoms with E-state index in [9.17, 15) is 4.79 Å². The summed E-state index contributed by atoms with van der Waals surface area (Å²) in [4.78, 5) is 18.8. The molecular formula is C15H21N5O2. The van der Waals surface area contributed by atoms with Crippen LogP contribution in [0.15, 0.2) is 16.8 Å². The highest BCUT2D eigenvalue weighted by atomic mass is 16.5. The van der Waals surface area contributed by atoms with Crippen molar-refractivity contribution in [3.05, 3.63) is 29.7 Å². The normalized spacial score (nSPS) is 18.6. The third-order valence-electron chi connectivity index (χ3n) is 3.95. The molecule has 2 aromatic rings. The Balaban J connectivity index is 1.69. The molecule has 1 aliphatic rings. The second-order valence-electron chi connectivity index (χ2n) is 5.76. The summed E-state index contributed by atoms with van der Waals surface area (Å²) in [6, 6.07) is 1.75. The molecule has 0 saturated carbocycles. The highest BCUT2D eigenvalue weighted by Crippen LogP contribution is 2.26. The van der Waals surface area contributed by atoms with Crippen LogP contribution in [0.5, 0.6) is 0 Å². The largest absolute Gasteiger partial charge is 0.339 e. The van der Waals surface area contributed by atoms with Gasteiger partial charge in [0, 0.05) is 32.8 Å². The summed E-state index contributed by atoms with van der Waals surface area (Å²) in [5.41, 5.74) is 0.486.